The zero-order chi connectivity index (χ0) is 41.8. The molecule has 4 heterocycles. The molecule has 0 saturated heterocycles. The number of carbonyl (C=O) groups excluding carboxylic acids is 1. The number of hydrogen-bond acceptors (Lipinski definition) is 14. The first-order valence-corrected chi connectivity index (χ1v) is 21.3. The Bertz CT molecular complexity index is 2580. The Hall–Kier alpha value is -6.04. The summed E-state index contributed by atoms with van der Waals surface area (Å²) in [5.41, 5.74) is 7.64. The number of halogens is 2. The molecular formula is C42H40Cl2N12O2S2. The lowest BCUT2D eigenvalue weighted by Crippen LogP contribution is -2.23. The average Bonchev–Trinajstić information content (AvgIpc) is 4.07. The second-order valence-electron chi connectivity index (χ2n) is 14.1. The number of benzene rings is 2. The molecule has 7 N–H and O–H groups in total. The van der Waals surface area contributed by atoms with Crippen molar-refractivity contribution in [3.8, 4) is 0 Å². The van der Waals surface area contributed by atoms with E-state index in [2.05, 4.69) is 58.6 Å². The second-order valence-corrected chi connectivity index (χ2v) is 17.0. The summed E-state index contributed by atoms with van der Waals surface area (Å²) in [6.07, 6.45) is 21.6. The average molecular weight is 880 g/mol. The van der Waals surface area contributed by atoms with Gasteiger partial charge in [-0.3, -0.25) is 9.79 Å². The van der Waals surface area contributed by atoms with Crippen molar-refractivity contribution in [1.82, 2.24) is 29.7 Å². The number of thiazole rings is 2. The largest absolute Gasteiger partial charge is 0.389 e. The van der Waals surface area contributed by atoms with Gasteiger partial charge in [-0.1, -0.05) is 70.2 Å². The molecule has 14 nitrogen and oxygen atoms in total. The molecule has 8 rings (SSSR count). The van der Waals surface area contributed by atoms with Gasteiger partial charge in [0.2, 0.25) is 0 Å². The number of aryl methyl sites for hydroxylation is 2. The molecule has 1 aliphatic heterocycles. The number of nitrogens with zero attached hydrogens (tertiary/aromatic N) is 6. The topological polar surface area (TPSA) is 180 Å². The Morgan fingerprint density at radius 2 is 1.87 bits per heavy atom. The maximum atomic E-state index is 13.4. The van der Waals surface area contributed by atoms with Crippen molar-refractivity contribution < 1.29 is 9.90 Å². The van der Waals surface area contributed by atoms with Gasteiger partial charge in [0.15, 0.2) is 16.5 Å². The lowest BCUT2D eigenvalue weighted by Gasteiger charge is -2.24. The lowest BCUT2D eigenvalue weighted by molar-refractivity contribution is 0.103. The van der Waals surface area contributed by atoms with Crippen LogP contribution < -0.4 is 26.6 Å². The number of amides is 1. The first kappa shape index (κ1) is 40.7. The van der Waals surface area contributed by atoms with Crippen molar-refractivity contribution in [3.63, 3.8) is 0 Å². The third-order valence-corrected chi connectivity index (χ3v) is 12.3. The quantitative estimate of drug-likeness (QED) is 0.0398. The number of fused-ring (bicyclic) bond motifs is 1. The smallest absolute Gasteiger partial charge is 0.267 e. The zero-order valence-electron chi connectivity index (χ0n) is 32.4. The maximum absolute atomic E-state index is 13.4. The number of anilines is 4. The van der Waals surface area contributed by atoms with Gasteiger partial charge in [0.05, 0.1) is 56.9 Å². The summed E-state index contributed by atoms with van der Waals surface area (Å²) in [6.45, 7) is 5.84. The molecule has 0 unspecified atom stereocenters. The number of aromatic nitrogens is 4. The van der Waals surface area contributed by atoms with Crippen LogP contribution in [-0.2, 0) is 13.1 Å². The number of para-hydroxylation sites is 1. The van der Waals surface area contributed by atoms with Crippen LogP contribution in [-0.4, -0.2) is 60.1 Å². The van der Waals surface area contributed by atoms with Crippen molar-refractivity contribution in [2.75, 3.05) is 27.8 Å². The number of aliphatic imine (C=N–C) groups is 1. The van der Waals surface area contributed by atoms with Crippen LogP contribution in [0.2, 0.25) is 10.0 Å². The number of hydrogen-bond donors (Lipinski definition) is 7. The predicted molar refractivity (Wildman–Crippen MR) is 242 cm³/mol. The van der Waals surface area contributed by atoms with Crippen molar-refractivity contribution >= 4 is 85.5 Å². The second kappa shape index (κ2) is 18.1. The van der Waals surface area contributed by atoms with Crippen molar-refractivity contribution in [2.45, 2.75) is 45.6 Å². The van der Waals surface area contributed by atoms with Crippen LogP contribution >= 0.6 is 45.9 Å². The van der Waals surface area contributed by atoms with Crippen LogP contribution in [0.3, 0.4) is 0 Å². The fraction of sp³-hybridized carbons (Fsp3) is 0.190. The molecule has 3 aliphatic rings. The molecule has 0 fully saturated rings. The van der Waals surface area contributed by atoms with Gasteiger partial charge in [0.1, 0.15) is 4.88 Å². The minimum atomic E-state index is -0.970. The Balaban J connectivity index is 0.845. The standard InChI is InChI=1S/C42H40Cl2N12O2S2/c1-24-4-3-5-30(43)37(24)53-39(57)35-19-49-42(60-35)52-29-8-9-33-34(17-29)56(23-50-33)21-26-14-25(2)38(31(44)15-26)54-40(58)36-20-48-41(59-36)51-28-7-6-27(32(45)16-28)18-46-10-12-55-13-11-47-22-55/h3-8,11,13-20,22-23,33,39,45-46,53,57H,9-10,12,21H2,1-2H3,(H,48,51)(H,49,52)(H,54,58)/b27-18-,45-32?/t33-,39-/m0/s1. The number of aliphatic hydroxyl groups excluding tert-OH is 1. The van der Waals surface area contributed by atoms with Crippen molar-refractivity contribution in [1.29, 1.82) is 5.41 Å². The van der Waals surface area contributed by atoms with Crippen LogP contribution in [0.25, 0.3) is 0 Å². The fourth-order valence-electron chi connectivity index (χ4n) is 6.70. The molecular weight excluding hydrogens is 840 g/mol. The van der Waals surface area contributed by atoms with Gasteiger partial charge in [0, 0.05) is 67.1 Å². The molecule has 60 heavy (non-hydrogen) atoms. The van der Waals surface area contributed by atoms with E-state index in [4.69, 9.17) is 33.6 Å². The Morgan fingerprint density at radius 3 is 2.67 bits per heavy atom. The van der Waals surface area contributed by atoms with Crippen LogP contribution in [0.4, 0.5) is 21.6 Å². The summed E-state index contributed by atoms with van der Waals surface area (Å²) >= 11 is 15.7. The van der Waals surface area contributed by atoms with E-state index in [9.17, 15) is 9.90 Å². The molecule has 0 bridgehead atoms. The lowest BCUT2D eigenvalue weighted by atomic mass is 10.0. The minimum absolute atomic E-state index is 0.000544. The number of carbonyl (C=O) groups is 1. The Kier molecular flexibility index (Phi) is 12.3. The summed E-state index contributed by atoms with van der Waals surface area (Å²) in [4.78, 5) is 34.2. The zero-order valence-corrected chi connectivity index (χ0v) is 35.6. The fourth-order valence-corrected chi connectivity index (χ4v) is 8.82. The van der Waals surface area contributed by atoms with Gasteiger partial charge in [0.25, 0.3) is 5.91 Å². The van der Waals surface area contributed by atoms with Gasteiger partial charge in [-0.05, 0) is 73.4 Å². The number of nitrogens with one attached hydrogen (secondary N) is 6. The molecule has 2 aliphatic carbocycles. The Morgan fingerprint density at radius 1 is 1.03 bits per heavy atom. The van der Waals surface area contributed by atoms with Crippen LogP contribution in [0.5, 0.6) is 0 Å². The summed E-state index contributed by atoms with van der Waals surface area (Å²) in [7, 11) is 0. The minimum Gasteiger partial charge on any atom is -0.389 e. The highest BCUT2D eigenvalue weighted by Gasteiger charge is 2.27. The van der Waals surface area contributed by atoms with E-state index in [1.807, 2.05) is 73.6 Å². The molecule has 18 heteroatoms. The van der Waals surface area contributed by atoms with E-state index in [0.29, 0.717) is 65.9 Å². The van der Waals surface area contributed by atoms with E-state index in [1.54, 1.807) is 30.9 Å². The predicted octanol–water partition coefficient (Wildman–Crippen LogP) is 8.63. The third kappa shape index (κ3) is 9.54. The monoisotopic (exact) mass is 878 g/mol. The number of aliphatic hydroxyl groups is 1. The molecule has 0 radical (unpaired) electrons. The maximum Gasteiger partial charge on any atom is 0.267 e. The molecule has 0 saturated carbocycles. The van der Waals surface area contributed by atoms with Crippen LogP contribution in [0.1, 0.15) is 43.9 Å². The van der Waals surface area contributed by atoms with E-state index >= 15 is 0 Å². The van der Waals surface area contributed by atoms with Crippen LogP contribution in [0.15, 0.2) is 126 Å². The normalized spacial score (nSPS) is 16.9. The SMILES string of the molecule is Cc1cc(CN2C=N[C@H]3CC=C(Nc4ncc([C@H](O)Nc5c(C)cccc5Cl)s4)C=C32)cc(Cl)c1NC(=O)c1cnc(NC2=CC(=N)/C(=C\NCCn3ccnc3)C=C2)s1. The molecule has 3 aromatic heterocycles. The highest BCUT2D eigenvalue weighted by molar-refractivity contribution is 7.17. The van der Waals surface area contributed by atoms with E-state index in [1.165, 1.54) is 28.9 Å². The molecule has 5 aromatic rings. The summed E-state index contributed by atoms with van der Waals surface area (Å²) in [6, 6.07) is 9.45. The molecule has 1 amide bonds. The highest BCUT2D eigenvalue weighted by Crippen LogP contribution is 2.35. The van der Waals surface area contributed by atoms with E-state index < -0.39 is 6.23 Å². The van der Waals surface area contributed by atoms with E-state index in [-0.39, 0.29) is 11.9 Å². The van der Waals surface area contributed by atoms with Gasteiger partial charge in [-0.25, -0.2) is 15.0 Å². The summed E-state index contributed by atoms with van der Waals surface area (Å²) in [5.74, 6) is -0.325. The highest BCUT2D eigenvalue weighted by atomic mass is 35.5. The van der Waals surface area contributed by atoms with Crippen LogP contribution in [0, 0.1) is 19.3 Å². The van der Waals surface area contributed by atoms with Gasteiger partial charge in [-0.15, -0.1) is 0 Å². The summed E-state index contributed by atoms with van der Waals surface area (Å²) < 4.78 is 1.98. The number of allylic oxidation sites excluding steroid dienone is 5. The van der Waals surface area contributed by atoms with Gasteiger partial charge < -0.3 is 46.6 Å². The number of rotatable bonds is 15. The first-order valence-electron chi connectivity index (χ1n) is 18.9. The molecule has 0 spiro atoms. The molecule has 2 atom stereocenters. The molecule has 306 valence electrons. The third-order valence-electron chi connectivity index (χ3n) is 9.77. The van der Waals surface area contributed by atoms with Crippen molar-refractivity contribution in [2.24, 2.45) is 4.99 Å². The van der Waals surface area contributed by atoms with E-state index in [0.717, 1.165) is 46.6 Å². The van der Waals surface area contributed by atoms with Crippen molar-refractivity contribution in [3.05, 3.63) is 157 Å². The first-order chi connectivity index (χ1) is 29.1. The van der Waals surface area contributed by atoms with Gasteiger partial charge >= 0.3 is 0 Å². The Labute approximate surface area is 364 Å². The summed E-state index contributed by atoms with van der Waals surface area (Å²) in [5, 5.41) is 37.3. The number of imidazole rings is 1. The molecule has 2 aromatic carbocycles. The van der Waals surface area contributed by atoms with Gasteiger partial charge in [-0.2, -0.15) is 0 Å².